The Kier molecular flexibility index (Phi) is 34.5. The van der Waals surface area contributed by atoms with E-state index in [2.05, 4.69) is 47.5 Å². The van der Waals surface area contributed by atoms with E-state index in [1.165, 1.54) is 16.0 Å². The molecule has 5 saturated heterocycles. The molecular weight excluding hydrogens is 1780 g/mol. The molecule has 0 saturated carbocycles. The van der Waals surface area contributed by atoms with Crippen LogP contribution < -0.4 is 52.2 Å². The van der Waals surface area contributed by atoms with Crippen LogP contribution in [0.1, 0.15) is 78.6 Å². The molecule has 3 aromatic carbocycles. The molecule has 46 nitrogen and oxygen atoms in total. The molecule has 131 heavy (non-hydrogen) atoms. The van der Waals surface area contributed by atoms with Crippen LogP contribution in [0.2, 0.25) is 0 Å². The van der Waals surface area contributed by atoms with Gasteiger partial charge in [-0.15, -0.1) is 11.6 Å². The van der Waals surface area contributed by atoms with E-state index in [-0.39, 0.29) is 68.1 Å². The summed E-state index contributed by atoms with van der Waals surface area (Å²) in [6.07, 6.45) is -40.9. The molecule has 0 bridgehead atoms. The number of fused-ring (bicyclic) bond motifs is 5. The number of hydrogen-bond acceptors (Lipinski definition) is 35. The first-order valence-corrected chi connectivity index (χ1v) is 41.8. The fourth-order valence-electron chi connectivity index (χ4n) is 16.1. The third-order valence-electron chi connectivity index (χ3n) is 22.4. The summed E-state index contributed by atoms with van der Waals surface area (Å²) in [6, 6.07) is 10.5. The van der Waals surface area contributed by atoms with Crippen molar-refractivity contribution in [1.82, 2.24) is 51.5 Å². The number of amides is 9. The van der Waals surface area contributed by atoms with Gasteiger partial charge >= 0.3 is 18.2 Å². The van der Waals surface area contributed by atoms with Crippen LogP contribution in [0.15, 0.2) is 83.5 Å². The normalized spacial score (nSPS) is 30.1. The largest absolute Gasteiger partial charge is 0.490 e. The summed E-state index contributed by atoms with van der Waals surface area (Å²) in [5, 5.41) is 164. The molecule has 5 unspecified atom stereocenters. The first-order valence-electron chi connectivity index (χ1n) is 41.2. The van der Waals surface area contributed by atoms with Crippen molar-refractivity contribution in [3.8, 4) is 5.75 Å². The number of alkyl halides is 4. The van der Waals surface area contributed by atoms with Crippen molar-refractivity contribution in [3.63, 3.8) is 0 Å². The predicted molar refractivity (Wildman–Crippen MR) is 439 cm³/mol. The molecule has 9 amide bonds. The van der Waals surface area contributed by atoms with E-state index in [0.29, 0.717) is 33.4 Å². The summed E-state index contributed by atoms with van der Waals surface area (Å²) in [4.78, 5) is 137. The highest BCUT2D eigenvalue weighted by molar-refractivity contribution is 6.19. The third-order valence-corrected chi connectivity index (χ3v) is 22.7. The van der Waals surface area contributed by atoms with E-state index in [1.807, 2.05) is 25.1 Å². The maximum Gasteiger partial charge on any atom is 0.490 e. The Morgan fingerprint density at radius 1 is 0.573 bits per heavy atom. The van der Waals surface area contributed by atoms with Gasteiger partial charge in [-0.2, -0.15) is 13.2 Å². The van der Waals surface area contributed by atoms with Gasteiger partial charge in [0.2, 0.25) is 35.4 Å². The number of para-hydroxylation sites is 1. The summed E-state index contributed by atoms with van der Waals surface area (Å²) in [6.45, 7) is 0.833. The van der Waals surface area contributed by atoms with Crippen molar-refractivity contribution < 1.29 is 179 Å². The maximum absolute atomic E-state index is 14.7. The number of nitrogens with one attached hydrogen (secondary N) is 8. The Balaban J connectivity index is 0.00000227. The van der Waals surface area contributed by atoms with Crippen molar-refractivity contribution in [2.45, 2.75) is 213 Å². The number of aliphatic hydroxyl groups excluding tert-OH is 12. The number of carbonyl (C=O) groups is 10. The number of aliphatic hydroxyl groups is 12. The van der Waals surface area contributed by atoms with Gasteiger partial charge in [0.25, 0.3) is 11.8 Å². The van der Waals surface area contributed by atoms with Crippen LogP contribution in [0.25, 0.3) is 27.4 Å². The number of halogens is 4. The Morgan fingerprint density at radius 2 is 1.07 bits per heavy atom. The fraction of sp³-hybridized carbons (Fsp3) is 0.568. The first kappa shape index (κ1) is 101. The molecule has 720 valence electrons. The highest BCUT2D eigenvalue weighted by Crippen LogP contribution is 2.48. The number of nitrogens with zero attached hydrogens (tertiary/aromatic N) is 4. The number of anilines is 2. The van der Waals surface area contributed by atoms with Gasteiger partial charge in [0.05, 0.1) is 44.4 Å². The number of carboxylic acids is 1. The Labute approximate surface area is 746 Å². The van der Waals surface area contributed by atoms with Crippen LogP contribution >= 0.6 is 11.6 Å². The summed E-state index contributed by atoms with van der Waals surface area (Å²) >= 11 is 6.68. The molecule has 3 aromatic heterocycles. The average Bonchev–Trinajstić information content (AvgIpc) is 1.59. The van der Waals surface area contributed by atoms with Gasteiger partial charge in [-0.1, -0.05) is 36.4 Å². The lowest BCUT2D eigenvalue weighted by Gasteiger charge is -2.51. The molecule has 6 aliphatic rings. The molecule has 21 N–H and O–H groups in total. The van der Waals surface area contributed by atoms with E-state index < -0.39 is 258 Å². The molecule has 0 spiro atoms. The van der Waals surface area contributed by atoms with Crippen molar-refractivity contribution in [1.29, 1.82) is 0 Å². The van der Waals surface area contributed by atoms with Crippen LogP contribution in [0.3, 0.4) is 0 Å². The number of aryl methyl sites for hydroxylation is 1. The van der Waals surface area contributed by atoms with E-state index >= 15 is 0 Å². The van der Waals surface area contributed by atoms with Gasteiger partial charge in [0.1, 0.15) is 144 Å². The highest BCUT2D eigenvalue weighted by atomic mass is 35.5. The zero-order valence-corrected chi connectivity index (χ0v) is 71.7. The lowest BCUT2D eigenvalue weighted by Crippen LogP contribution is -2.72. The van der Waals surface area contributed by atoms with Gasteiger partial charge in [-0.25, -0.2) is 14.6 Å². The molecule has 5 fully saturated rings. The SMILES string of the molecule is CNCCN(CCC(=O)NCCC(=O)N[C@H]1[C@H](OC2[C@@H](CO)O[C@@H](OC3[C@@H](CO)O[C@@H](OC4[C@@H](CO)O[C@@H](OC5[C@@H](CO)OC(O)[C@H](NC(C)=O)[C@H]5O)[C@H](NC(C)=O)[C@H]4O)[C@H](NC(C)=O)[C@H]3O)[C@H](NC(C)=O)[C@H]2O)O[C@H](CO)[C@@H](O)[C@@H]1O)C(=O)Oc1cc2c(c3c(C)cccc13)[C@H](CCl)CN2C(=O)c1cn2cc(NC(=O)c3cc4ccccc4o3)ccc2n1.O=C(O)C(F)(F)F. The van der Waals surface area contributed by atoms with Gasteiger partial charge in [0.15, 0.2) is 37.2 Å². The van der Waals surface area contributed by atoms with E-state index in [0.717, 1.165) is 44.2 Å². The lowest BCUT2D eigenvalue weighted by molar-refractivity contribution is -0.367. The standard InChI is InChI=1S/C79H103ClN12O32.C2HF3O2/c1-33-10-9-12-41-45(23-43-56(55(33)41)39(24-80)25-92(43)73(111)42-27-91-26-40(14-15-52(91)88-42)87-72(110)46-22-38-11-7-8-13-44(38)114-46)120-79(113)90(21-19-81-6)20-17-53(102)82-18-16-54(103)89-58-63(105)62(104)47(28-93)116-75(58)122-69-49(30-95)118-77(60(65(69)107)85-36(4)100)124-71-51(32-97)119-78(61(67(71)109)86-37(5)101)123-70-50(31-96)117-76(59(66(70)108)84-35(3)99)121-68-48(29-94)115-74(112)57(64(68)106)83-34(2)98;3-2(4,5)1(6)7/h7-15,22-23,26-27,39,47-51,57-71,74-78,81,93-97,104-109,112H,16-21,24-25,28-32H2,1-6H3,(H,82,102)(H,83,98)(H,84,99)(H,85,100)(H,86,101)(H,87,110)(H,89,103);(H,6,7)/t39-,47-,48-,49-,50-,51-,57-,58-,59-,60-,61-,62-,63-,64-,65-,66-,67-,68?,69?,70?,71?,74?,75+,76+,77+,78+;/m1./s1. The van der Waals surface area contributed by atoms with Crippen LogP contribution in [0.5, 0.6) is 5.75 Å². The fourth-order valence-corrected chi connectivity index (χ4v) is 16.4. The molecule has 50 heteroatoms. The van der Waals surface area contributed by atoms with Crippen LogP contribution in [0, 0.1) is 6.92 Å². The molecule has 6 aromatic rings. The average molecular weight is 1880 g/mol. The molecule has 9 heterocycles. The smallest absolute Gasteiger partial charge is 0.475 e. The number of furan rings is 1. The zero-order valence-electron chi connectivity index (χ0n) is 70.9. The number of benzene rings is 3. The number of aliphatic carboxylic acids is 1. The summed E-state index contributed by atoms with van der Waals surface area (Å²) in [7, 11) is 1.65. The Bertz CT molecular complexity index is 5010. The topological polar surface area (TPSA) is 659 Å². The van der Waals surface area contributed by atoms with Gasteiger partial charge < -0.3 is 175 Å². The number of hydrogen-bond donors (Lipinski definition) is 21. The molecule has 6 aliphatic heterocycles. The molecule has 0 radical (unpaired) electrons. The Morgan fingerprint density at radius 3 is 1.56 bits per heavy atom. The minimum absolute atomic E-state index is 0.0343. The Hall–Kier alpha value is -10.2. The molecular formula is C81H104ClF3N12O34. The van der Waals surface area contributed by atoms with Gasteiger partial charge in [0, 0.05) is 114 Å². The summed E-state index contributed by atoms with van der Waals surface area (Å²) in [5.74, 6) is -8.60. The van der Waals surface area contributed by atoms with Crippen LogP contribution in [-0.2, 0) is 76.2 Å². The van der Waals surface area contributed by atoms with E-state index in [9.17, 15) is 118 Å². The predicted octanol–water partition coefficient (Wildman–Crippen LogP) is -4.88. The monoisotopic (exact) mass is 1880 g/mol. The lowest BCUT2D eigenvalue weighted by atomic mass is 9.92. The van der Waals surface area contributed by atoms with E-state index in [1.54, 1.807) is 66.2 Å². The summed E-state index contributed by atoms with van der Waals surface area (Å²) < 4.78 is 99.4. The highest BCUT2D eigenvalue weighted by Gasteiger charge is 2.58. The molecule has 0 aliphatic carbocycles. The van der Waals surface area contributed by atoms with Crippen LogP contribution in [-0.4, -0.2) is 378 Å². The number of likely N-dealkylation sites (N-methyl/N-ethyl adjacent to an activating group) is 1. The second kappa shape index (κ2) is 44.6. The van der Waals surface area contributed by atoms with Crippen molar-refractivity contribution in [2.75, 3.05) is 88.9 Å². The zero-order chi connectivity index (χ0) is 95.5. The first-order chi connectivity index (χ1) is 62.2. The molecule has 26 atom stereocenters. The minimum Gasteiger partial charge on any atom is -0.475 e. The maximum atomic E-state index is 14.7. The number of rotatable bonds is 32. The number of imidazole rings is 1. The second-order valence-corrected chi connectivity index (χ2v) is 31.9. The van der Waals surface area contributed by atoms with Crippen molar-refractivity contribution in [3.05, 3.63) is 102 Å². The third kappa shape index (κ3) is 23.7. The van der Waals surface area contributed by atoms with Crippen LogP contribution in [0.4, 0.5) is 29.3 Å². The molecule has 12 rings (SSSR count). The number of pyridine rings is 1. The van der Waals surface area contributed by atoms with Gasteiger partial charge in [-0.05, 0) is 54.8 Å². The summed E-state index contributed by atoms with van der Waals surface area (Å²) in [5.41, 5.74) is 3.35. The second-order valence-electron chi connectivity index (χ2n) is 31.6. The number of aromatic nitrogens is 2. The number of carbonyl (C=O) groups excluding carboxylic acids is 9. The minimum atomic E-state index is -5.08. The van der Waals surface area contributed by atoms with Crippen molar-refractivity contribution in [2.24, 2.45) is 0 Å². The van der Waals surface area contributed by atoms with Crippen molar-refractivity contribution >= 4 is 110 Å². The quantitative estimate of drug-likeness (QED) is 0.0176. The number of ether oxygens (including phenoxy) is 10. The van der Waals surface area contributed by atoms with Gasteiger partial charge in [-0.3, -0.25) is 38.4 Å². The number of carboxylic acid groups (broad SMARTS) is 1. The van der Waals surface area contributed by atoms with E-state index in [4.69, 9.17) is 73.3 Å².